The number of carbonyl (C=O) groups is 1. The maximum atomic E-state index is 11.3. The lowest BCUT2D eigenvalue weighted by Crippen LogP contribution is -2.40. The van der Waals surface area contributed by atoms with E-state index in [0.29, 0.717) is 6.04 Å². The summed E-state index contributed by atoms with van der Waals surface area (Å²) < 4.78 is 0. The first-order valence-electron chi connectivity index (χ1n) is 6.87. The average Bonchev–Trinajstić information content (AvgIpc) is 2.89. The summed E-state index contributed by atoms with van der Waals surface area (Å²) in [6.07, 6.45) is 4.57. The first-order chi connectivity index (χ1) is 9.11. The van der Waals surface area contributed by atoms with Crippen molar-refractivity contribution in [3.63, 3.8) is 0 Å². The highest BCUT2D eigenvalue weighted by Gasteiger charge is 2.25. The minimum Gasteiger partial charge on any atom is -0.392 e. The fourth-order valence-electron chi connectivity index (χ4n) is 2.92. The number of nitrogens with zero attached hydrogens (tertiary/aromatic N) is 1. The number of aliphatic hydroxyl groups excluding tert-OH is 1. The summed E-state index contributed by atoms with van der Waals surface area (Å²) in [7, 11) is 0. The van der Waals surface area contributed by atoms with Gasteiger partial charge in [-0.15, -0.1) is 0 Å². The van der Waals surface area contributed by atoms with Gasteiger partial charge in [0.2, 0.25) is 5.91 Å². The van der Waals surface area contributed by atoms with Gasteiger partial charge in [0.15, 0.2) is 0 Å². The largest absolute Gasteiger partial charge is 0.392 e. The highest BCUT2D eigenvalue weighted by Crippen LogP contribution is 2.30. The van der Waals surface area contributed by atoms with E-state index in [1.165, 1.54) is 12.8 Å². The number of nitrogens with two attached hydrogens (primary N) is 1. The predicted molar refractivity (Wildman–Crippen MR) is 75.9 cm³/mol. The van der Waals surface area contributed by atoms with E-state index < -0.39 is 0 Å². The minimum atomic E-state index is -0.323. The summed E-state index contributed by atoms with van der Waals surface area (Å²) in [5.74, 6) is -0.323. The zero-order valence-electron chi connectivity index (χ0n) is 11.4. The van der Waals surface area contributed by atoms with E-state index in [-0.39, 0.29) is 19.1 Å². The summed E-state index contributed by atoms with van der Waals surface area (Å²) in [5, 5.41) is 9.53. The maximum Gasteiger partial charge on any atom is 0.236 e. The summed E-state index contributed by atoms with van der Waals surface area (Å²) >= 11 is 0. The van der Waals surface area contributed by atoms with E-state index in [2.05, 4.69) is 4.90 Å². The number of aryl methyl sites for hydroxylation is 1. The van der Waals surface area contributed by atoms with Gasteiger partial charge in [0.1, 0.15) is 0 Å². The summed E-state index contributed by atoms with van der Waals surface area (Å²) in [6.45, 7) is 2.21. The number of aliphatic hydroxyl groups is 1. The van der Waals surface area contributed by atoms with E-state index in [1.807, 2.05) is 25.1 Å². The maximum absolute atomic E-state index is 11.3. The van der Waals surface area contributed by atoms with Gasteiger partial charge in [-0.2, -0.15) is 0 Å². The predicted octanol–water partition coefficient (Wildman–Crippen LogP) is 1.72. The van der Waals surface area contributed by atoms with Gasteiger partial charge in [0.05, 0.1) is 13.2 Å². The van der Waals surface area contributed by atoms with Crippen LogP contribution in [0.3, 0.4) is 0 Å². The first-order valence-corrected chi connectivity index (χ1v) is 6.87. The van der Waals surface area contributed by atoms with Crippen LogP contribution >= 0.6 is 0 Å². The lowest BCUT2D eigenvalue weighted by atomic mass is 10.1. The van der Waals surface area contributed by atoms with Crippen molar-refractivity contribution < 1.29 is 9.90 Å². The Bertz CT molecular complexity index is 453. The van der Waals surface area contributed by atoms with Crippen molar-refractivity contribution in [2.24, 2.45) is 5.73 Å². The molecule has 0 bridgehead atoms. The number of anilines is 1. The van der Waals surface area contributed by atoms with Gasteiger partial charge in [-0.1, -0.05) is 30.5 Å². The Labute approximate surface area is 114 Å². The molecule has 0 unspecified atom stereocenters. The van der Waals surface area contributed by atoms with Crippen molar-refractivity contribution in [2.75, 3.05) is 11.4 Å². The van der Waals surface area contributed by atoms with E-state index in [0.717, 1.165) is 29.7 Å². The van der Waals surface area contributed by atoms with Gasteiger partial charge in [-0.25, -0.2) is 0 Å². The number of carbonyl (C=O) groups excluding carboxylic acids is 1. The van der Waals surface area contributed by atoms with E-state index in [9.17, 15) is 9.90 Å². The number of hydrogen-bond acceptors (Lipinski definition) is 3. The molecular formula is C15H22N2O2. The molecule has 0 heterocycles. The summed E-state index contributed by atoms with van der Waals surface area (Å²) in [5.41, 5.74) is 8.30. The zero-order chi connectivity index (χ0) is 13.8. The molecule has 1 saturated carbocycles. The van der Waals surface area contributed by atoms with E-state index in [4.69, 9.17) is 5.73 Å². The monoisotopic (exact) mass is 262 g/mol. The van der Waals surface area contributed by atoms with Crippen LogP contribution in [0.5, 0.6) is 0 Å². The Morgan fingerprint density at radius 3 is 2.68 bits per heavy atom. The Hall–Kier alpha value is -1.55. The van der Waals surface area contributed by atoms with Crippen LogP contribution in [-0.4, -0.2) is 23.6 Å². The Morgan fingerprint density at radius 1 is 1.42 bits per heavy atom. The molecule has 1 aromatic carbocycles. The van der Waals surface area contributed by atoms with Crippen molar-refractivity contribution >= 4 is 11.6 Å². The standard InChI is InChI=1S/C15H22N2O2/c1-11-6-7-14(12(8-11)10-18)17(9-15(16)19)13-4-2-3-5-13/h6-8,13,18H,2-5,9-10H2,1H3,(H2,16,19). The Kier molecular flexibility index (Phi) is 4.43. The molecule has 0 radical (unpaired) electrons. The molecule has 4 heteroatoms. The molecule has 1 amide bonds. The first kappa shape index (κ1) is 13.9. The van der Waals surface area contributed by atoms with Crippen molar-refractivity contribution in [1.82, 2.24) is 0 Å². The number of primary amides is 1. The van der Waals surface area contributed by atoms with Gasteiger partial charge in [-0.3, -0.25) is 4.79 Å². The molecule has 0 aromatic heterocycles. The van der Waals surface area contributed by atoms with Gasteiger partial charge in [0.25, 0.3) is 0 Å². The van der Waals surface area contributed by atoms with Crippen LogP contribution in [0.4, 0.5) is 5.69 Å². The quantitative estimate of drug-likeness (QED) is 0.849. The third-order valence-corrected chi connectivity index (χ3v) is 3.81. The molecule has 4 nitrogen and oxygen atoms in total. The lowest BCUT2D eigenvalue weighted by molar-refractivity contribution is -0.116. The fraction of sp³-hybridized carbons (Fsp3) is 0.533. The average molecular weight is 262 g/mol. The van der Waals surface area contributed by atoms with Crippen molar-refractivity contribution in [1.29, 1.82) is 0 Å². The van der Waals surface area contributed by atoms with Gasteiger partial charge in [-0.05, 0) is 25.8 Å². The molecule has 2 rings (SSSR count). The topological polar surface area (TPSA) is 66.6 Å². The van der Waals surface area contributed by atoms with Gasteiger partial charge < -0.3 is 15.7 Å². The van der Waals surface area contributed by atoms with Crippen LogP contribution in [0.2, 0.25) is 0 Å². The third kappa shape index (κ3) is 3.26. The van der Waals surface area contributed by atoms with Crippen LogP contribution in [0, 0.1) is 6.92 Å². The molecular weight excluding hydrogens is 240 g/mol. The lowest BCUT2D eigenvalue weighted by Gasteiger charge is -2.31. The number of hydrogen-bond donors (Lipinski definition) is 2. The zero-order valence-corrected chi connectivity index (χ0v) is 11.4. The van der Waals surface area contributed by atoms with Crippen LogP contribution in [-0.2, 0) is 11.4 Å². The van der Waals surface area contributed by atoms with E-state index >= 15 is 0 Å². The molecule has 3 N–H and O–H groups in total. The third-order valence-electron chi connectivity index (χ3n) is 3.81. The summed E-state index contributed by atoms with van der Waals surface area (Å²) in [6, 6.07) is 6.33. The number of benzene rings is 1. The summed E-state index contributed by atoms with van der Waals surface area (Å²) in [4.78, 5) is 13.4. The van der Waals surface area contributed by atoms with Crippen LogP contribution in [0.15, 0.2) is 18.2 Å². The molecule has 1 aliphatic carbocycles. The Morgan fingerprint density at radius 2 is 2.11 bits per heavy atom. The molecule has 19 heavy (non-hydrogen) atoms. The SMILES string of the molecule is Cc1ccc(N(CC(N)=O)C2CCCC2)c(CO)c1. The van der Waals surface area contributed by atoms with Crippen LogP contribution < -0.4 is 10.6 Å². The molecule has 104 valence electrons. The van der Waals surface area contributed by atoms with Crippen LogP contribution in [0.1, 0.15) is 36.8 Å². The fourth-order valence-corrected chi connectivity index (χ4v) is 2.92. The molecule has 0 spiro atoms. The van der Waals surface area contributed by atoms with E-state index in [1.54, 1.807) is 0 Å². The smallest absolute Gasteiger partial charge is 0.236 e. The molecule has 0 atom stereocenters. The molecule has 1 aliphatic rings. The molecule has 1 fully saturated rings. The van der Waals surface area contributed by atoms with Gasteiger partial charge in [0, 0.05) is 17.3 Å². The normalized spacial score (nSPS) is 15.7. The second-order valence-corrected chi connectivity index (χ2v) is 5.32. The van der Waals surface area contributed by atoms with Gasteiger partial charge >= 0.3 is 0 Å². The number of rotatable bonds is 5. The highest BCUT2D eigenvalue weighted by atomic mass is 16.3. The number of amides is 1. The van der Waals surface area contributed by atoms with Crippen molar-refractivity contribution in [3.8, 4) is 0 Å². The minimum absolute atomic E-state index is 0.0149. The Balaban J connectivity index is 2.33. The molecule has 0 aliphatic heterocycles. The second-order valence-electron chi connectivity index (χ2n) is 5.32. The van der Waals surface area contributed by atoms with Crippen LogP contribution in [0.25, 0.3) is 0 Å². The highest BCUT2D eigenvalue weighted by molar-refractivity contribution is 5.80. The molecule has 0 saturated heterocycles. The molecule has 1 aromatic rings. The van der Waals surface area contributed by atoms with Crippen molar-refractivity contribution in [2.45, 2.75) is 45.3 Å². The van der Waals surface area contributed by atoms with Crippen molar-refractivity contribution in [3.05, 3.63) is 29.3 Å². The second kappa shape index (κ2) is 6.06.